The minimum atomic E-state index is -0.972. The number of carboxylic acid groups (broad SMARTS) is 1. The number of aryl methyl sites for hydroxylation is 1. The highest BCUT2D eigenvalue weighted by Gasteiger charge is 2.31. The molecule has 0 amide bonds. The largest absolute Gasteiger partial charge is 0.480 e. The van der Waals surface area contributed by atoms with Gasteiger partial charge in [-0.3, -0.25) is 0 Å². The topological polar surface area (TPSA) is 117 Å². The zero-order chi connectivity index (χ0) is 23.8. The molecule has 0 unspecified atom stereocenters. The van der Waals surface area contributed by atoms with Crippen LogP contribution in [0, 0.1) is 18.3 Å². The molecule has 4 aromatic rings. The number of carbonyl (C=O) groups is 1. The first-order valence-corrected chi connectivity index (χ1v) is 10.9. The van der Waals surface area contributed by atoms with Gasteiger partial charge in [-0.2, -0.15) is 10.4 Å². The summed E-state index contributed by atoms with van der Waals surface area (Å²) in [7, 11) is 0. The molecule has 34 heavy (non-hydrogen) atoms. The zero-order valence-corrected chi connectivity index (χ0v) is 18.9. The number of hydrogen-bond acceptors (Lipinski definition) is 7. The summed E-state index contributed by atoms with van der Waals surface area (Å²) in [5.41, 5.74) is 4.63. The van der Waals surface area contributed by atoms with Crippen molar-refractivity contribution in [2.24, 2.45) is 0 Å². The maximum Gasteiger partial charge on any atom is 0.328 e. The molecule has 0 radical (unpaired) electrons. The third-order valence-electron chi connectivity index (χ3n) is 5.65. The number of aromatic nitrogens is 4. The van der Waals surface area contributed by atoms with Gasteiger partial charge in [-0.15, -0.1) is 0 Å². The lowest BCUT2D eigenvalue weighted by Crippen LogP contribution is -2.50. The Morgan fingerprint density at radius 1 is 1.24 bits per heavy atom. The van der Waals surface area contributed by atoms with Crippen LogP contribution >= 0.6 is 11.6 Å². The monoisotopic (exact) mass is 474 g/mol. The first kappa shape index (κ1) is 21.8. The Morgan fingerprint density at radius 3 is 2.85 bits per heavy atom. The summed E-state index contributed by atoms with van der Waals surface area (Å²) in [6, 6.07) is 13.9. The fraction of sp³-hybridized carbons (Fsp3) is 0.208. The minimum absolute atomic E-state index is 0.0830. The van der Waals surface area contributed by atoms with Gasteiger partial charge in [-0.25, -0.2) is 19.3 Å². The van der Waals surface area contributed by atoms with Crippen molar-refractivity contribution in [3.05, 3.63) is 65.1 Å². The molecule has 1 aliphatic rings. The van der Waals surface area contributed by atoms with E-state index >= 15 is 0 Å². The van der Waals surface area contributed by atoms with E-state index in [1.165, 1.54) is 0 Å². The first-order valence-electron chi connectivity index (χ1n) is 10.6. The average Bonchev–Trinajstić information content (AvgIpc) is 3.22. The molecule has 0 bridgehead atoms. The molecule has 0 aliphatic carbocycles. The Labute approximate surface area is 199 Å². The quantitative estimate of drug-likeness (QED) is 0.446. The average molecular weight is 475 g/mol. The molecule has 1 aliphatic heterocycles. The van der Waals surface area contributed by atoms with Gasteiger partial charge in [0, 0.05) is 24.0 Å². The Bertz CT molecular complexity index is 1440. The number of fused-ring (bicyclic) bond motifs is 1. The summed E-state index contributed by atoms with van der Waals surface area (Å²) in [6.45, 7) is 2.75. The van der Waals surface area contributed by atoms with Gasteiger partial charge in [0.05, 0.1) is 30.4 Å². The Hall–Kier alpha value is -4.00. The van der Waals surface area contributed by atoms with Gasteiger partial charge in [-0.1, -0.05) is 23.7 Å². The predicted octanol–water partition coefficient (Wildman–Crippen LogP) is 3.58. The Kier molecular flexibility index (Phi) is 5.61. The number of aliphatic carboxylic acids is 1. The molecule has 5 rings (SSSR count). The summed E-state index contributed by atoms with van der Waals surface area (Å²) in [6.07, 6.45) is 1.75. The number of pyridine rings is 1. The highest BCUT2D eigenvalue weighted by Crippen LogP contribution is 2.36. The molecule has 0 spiro atoms. The van der Waals surface area contributed by atoms with Crippen molar-refractivity contribution < 1.29 is 14.6 Å². The maximum absolute atomic E-state index is 11.8. The molecule has 1 aromatic carbocycles. The Balaban J connectivity index is 1.75. The van der Waals surface area contributed by atoms with E-state index in [9.17, 15) is 15.2 Å². The van der Waals surface area contributed by atoms with E-state index in [0.29, 0.717) is 46.6 Å². The van der Waals surface area contributed by atoms with Crippen LogP contribution in [0.2, 0.25) is 5.15 Å². The van der Waals surface area contributed by atoms with Gasteiger partial charge in [-0.05, 0) is 42.8 Å². The van der Waals surface area contributed by atoms with E-state index in [1.54, 1.807) is 45.9 Å². The van der Waals surface area contributed by atoms with Gasteiger partial charge >= 0.3 is 5.97 Å². The second-order valence-corrected chi connectivity index (χ2v) is 8.30. The predicted molar refractivity (Wildman–Crippen MR) is 126 cm³/mol. The number of carboxylic acids is 1. The highest BCUT2D eigenvalue weighted by atomic mass is 35.5. The fourth-order valence-corrected chi connectivity index (χ4v) is 4.39. The van der Waals surface area contributed by atoms with Crippen LogP contribution in [0.1, 0.15) is 11.3 Å². The second kappa shape index (κ2) is 8.74. The van der Waals surface area contributed by atoms with Crippen LogP contribution in [0.3, 0.4) is 0 Å². The van der Waals surface area contributed by atoms with E-state index in [1.807, 2.05) is 19.1 Å². The standard InChI is InChI=1S/C24H19ClN6O3/c1-14-9-17(11-19(25)27-14)21-22(16-4-2-3-15(10-16)12-26)29-31-6-5-20(28-23(21)31)30-7-8-34-13-18(30)24(32)33/h2-6,9-11,18H,7-8,13H2,1H3,(H,32,33)/t18-/m0/s1. The second-order valence-electron chi connectivity index (χ2n) is 7.91. The summed E-state index contributed by atoms with van der Waals surface area (Å²) in [4.78, 5) is 22.6. The number of rotatable bonds is 4. The van der Waals surface area contributed by atoms with E-state index < -0.39 is 12.0 Å². The van der Waals surface area contributed by atoms with Crippen molar-refractivity contribution in [1.29, 1.82) is 5.26 Å². The van der Waals surface area contributed by atoms with Crippen LogP contribution in [-0.2, 0) is 9.53 Å². The molecule has 3 aromatic heterocycles. The summed E-state index contributed by atoms with van der Waals surface area (Å²) >= 11 is 6.28. The van der Waals surface area contributed by atoms with Crippen molar-refractivity contribution in [2.45, 2.75) is 13.0 Å². The normalized spacial score (nSPS) is 15.9. The molecule has 0 saturated carbocycles. The third kappa shape index (κ3) is 3.94. The summed E-state index contributed by atoms with van der Waals surface area (Å²) in [5.74, 6) is -0.459. The van der Waals surface area contributed by atoms with E-state index in [4.69, 9.17) is 26.4 Å². The molecule has 4 heterocycles. The van der Waals surface area contributed by atoms with Crippen LogP contribution < -0.4 is 4.90 Å². The summed E-state index contributed by atoms with van der Waals surface area (Å²) in [5, 5.41) is 24.1. The van der Waals surface area contributed by atoms with Gasteiger partial charge < -0.3 is 14.7 Å². The number of halogens is 1. The third-order valence-corrected chi connectivity index (χ3v) is 5.85. The zero-order valence-electron chi connectivity index (χ0n) is 18.1. The van der Waals surface area contributed by atoms with Crippen LogP contribution in [0.5, 0.6) is 0 Å². The van der Waals surface area contributed by atoms with Gasteiger partial charge in [0.1, 0.15) is 16.7 Å². The number of benzene rings is 1. The van der Waals surface area contributed by atoms with Crippen molar-refractivity contribution >= 4 is 29.0 Å². The molecule has 9 nitrogen and oxygen atoms in total. The number of anilines is 1. The molecule has 1 fully saturated rings. The van der Waals surface area contributed by atoms with Crippen LogP contribution in [0.4, 0.5) is 5.82 Å². The lowest BCUT2D eigenvalue weighted by molar-refractivity contribution is -0.141. The number of nitrogens with zero attached hydrogens (tertiary/aromatic N) is 6. The Morgan fingerprint density at radius 2 is 2.09 bits per heavy atom. The molecule has 170 valence electrons. The van der Waals surface area contributed by atoms with Gasteiger partial charge in [0.25, 0.3) is 0 Å². The fourth-order valence-electron chi connectivity index (χ4n) is 4.14. The lowest BCUT2D eigenvalue weighted by Gasteiger charge is -2.33. The van der Waals surface area contributed by atoms with Crippen LogP contribution in [-0.4, -0.2) is 56.5 Å². The van der Waals surface area contributed by atoms with Gasteiger partial charge in [0.2, 0.25) is 0 Å². The molecule has 10 heteroatoms. The smallest absolute Gasteiger partial charge is 0.328 e. The molecule has 1 N–H and O–H groups in total. The first-order chi connectivity index (χ1) is 16.4. The number of ether oxygens (including phenoxy) is 1. The van der Waals surface area contributed by atoms with Crippen LogP contribution in [0.25, 0.3) is 28.0 Å². The van der Waals surface area contributed by atoms with Crippen molar-refractivity contribution in [3.8, 4) is 28.5 Å². The maximum atomic E-state index is 11.8. The molecular weight excluding hydrogens is 456 g/mol. The summed E-state index contributed by atoms with van der Waals surface area (Å²) < 4.78 is 7.02. The number of hydrogen-bond donors (Lipinski definition) is 1. The highest BCUT2D eigenvalue weighted by molar-refractivity contribution is 6.29. The van der Waals surface area contributed by atoms with E-state index in [-0.39, 0.29) is 6.61 Å². The molecule has 1 atom stereocenters. The van der Waals surface area contributed by atoms with E-state index in [2.05, 4.69) is 11.1 Å². The number of nitriles is 1. The van der Waals surface area contributed by atoms with Crippen molar-refractivity contribution in [1.82, 2.24) is 19.6 Å². The molecule has 1 saturated heterocycles. The molecular formula is C24H19ClN6O3. The number of morpholine rings is 1. The SMILES string of the molecule is Cc1cc(-c2c(-c3cccc(C#N)c3)nn3ccc(N4CCOC[C@H]4C(=O)O)nc23)cc(Cl)n1. The lowest BCUT2D eigenvalue weighted by atomic mass is 10.00. The minimum Gasteiger partial charge on any atom is -0.480 e. The van der Waals surface area contributed by atoms with Crippen molar-refractivity contribution in [2.75, 3.05) is 24.7 Å². The van der Waals surface area contributed by atoms with Crippen LogP contribution in [0.15, 0.2) is 48.7 Å². The van der Waals surface area contributed by atoms with Crippen molar-refractivity contribution in [3.63, 3.8) is 0 Å². The van der Waals surface area contributed by atoms with Gasteiger partial charge in [0.15, 0.2) is 11.7 Å². The van der Waals surface area contributed by atoms with E-state index in [0.717, 1.165) is 16.8 Å².